The minimum absolute atomic E-state index is 0.0806. The van der Waals surface area contributed by atoms with Crippen LogP contribution in [-0.4, -0.2) is 0 Å². The average molecular weight is 238 g/mol. The minimum atomic E-state index is 0.0806. The van der Waals surface area contributed by atoms with Gasteiger partial charge < -0.3 is 0 Å². The third kappa shape index (κ3) is 2.05. The second-order valence-electron chi connectivity index (χ2n) is 4.89. The van der Waals surface area contributed by atoms with Crippen LogP contribution in [0.3, 0.4) is 0 Å². The van der Waals surface area contributed by atoms with Gasteiger partial charge in [-0.3, -0.25) is 5.84 Å². The first-order valence-electron chi connectivity index (χ1n) is 6.51. The van der Waals surface area contributed by atoms with Crippen molar-refractivity contribution in [1.82, 2.24) is 5.43 Å². The Morgan fingerprint density at radius 3 is 2.44 bits per heavy atom. The zero-order chi connectivity index (χ0) is 12.4. The number of hydrogen-bond acceptors (Lipinski definition) is 2. The largest absolute Gasteiger partial charge is 0.271 e. The van der Waals surface area contributed by atoms with Crippen LogP contribution in [0.5, 0.6) is 0 Å². The molecule has 1 unspecified atom stereocenters. The summed E-state index contributed by atoms with van der Waals surface area (Å²) >= 11 is 0. The first-order chi connectivity index (χ1) is 8.88. The summed E-state index contributed by atoms with van der Waals surface area (Å²) in [6.45, 7) is 0. The number of aryl methyl sites for hydroxylation is 2. The molecule has 3 N–H and O–H groups in total. The first kappa shape index (κ1) is 11.5. The van der Waals surface area contributed by atoms with Crippen molar-refractivity contribution in [2.24, 2.45) is 5.84 Å². The number of hydrazine groups is 1. The van der Waals surface area contributed by atoms with Gasteiger partial charge in [-0.05, 0) is 41.5 Å². The van der Waals surface area contributed by atoms with Gasteiger partial charge in [-0.1, -0.05) is 48.5 Å². The fourth-order valence-corrected chi connectivity index (χ4v) is 2.80. The van der Waals surface area contributed by atoms with Crippen LogP contribution in [0.2, 0.25) is 0 Å². The van der Waals surface area contributed by atoms with Crippen LogP contribution >= 0.6 is 0 Å². The van der Waals surface area contributed by atoms with Gasteiger partial charge in [0, 0.05) is 0 Å². The highest BCUT2D eigenvalue weighted by atomic mass is 15.2. The van der Waals surface area contributed by atoms with Crippen LogP contribution in [-0.2, 0) is 12.8 Å². The quantitative estimate of drug-likeness (QED) is 0.637. The molecule has 0 spiro atoms. The van der Waals surface area contributed by atoms with E-state index in [1.807, 2.05) is 18.2 Å². The van der Waals surface area contributed by atoms with Gasteiger partial charge in [-0.25, -0.2) is 5.43 Å². The molecule has 2 aromatic carbocycles. The maximum atomic E-state index is 5.73. The van der Waals surface area contributed by atoms with E-state index in [1.165, 1.54) is 41.5 Å². The Hall–Kier alpha value is -1.64. The zero-order valence-electron chi connectivity index (χ0n) is 10.4. The van der Waals surface area contributed by atoms with Gasteiger partial charge >= 0.3 is 0 Å². The summed E-state index contributed by atoms with van der Waals surface area (Å²) in [5, 5.41) is 0. The Kier molecular flexibility index (Phi) is 3.13. The maximum absolute atomic E-state index is 5.73. The van der Waals surface area contributed by atoms with E-state index < -0.39 is 0 Å². The molecule has 92 valence electrons. The zero-order valence-corrected chi connectivity index (χ0v) is 10.4. The van der Waals surface area contributed by atoms with Crippen molar-refractivity contribution >= 4 is 0 Å². The van der Waals surface area contributed by atoms with Crippen molar-refractivity contribution in [3.05, 3.63) is 70.8 Å². The standard InChI is InChI=1S/C16H18N2/c17-18-16(13-5-2-1-3-6-13)15-10-9-12-7-4-8-14(12)11-15/h1-3,5-6,9-11,16,18H,4,7-8,17H2. The van der Waals surface area contributed by atoms with E-state index in [2.05, 4.69) is 35.8 Å². The SMILES string of the molecule is NNC(c1ccccc1)c1ccc2c(c1)CCC2. The monoisotopic (exact) mass is 238 g/mol. The van der Waals surface area contributed by atoms with Crippen LogP contribution in [0.4, 0.5) is 0 Å². The van der Waals surface area contributed by atoms with Gasteiger partial charge in [-0.15, -0.1) is 0 Å². The van der Waals surface area contributed by atoms with Gasteiger partial charge in [-0.2, -0.15) is 0 Å². The molecule has 0 bridgehead atoms. The van der Waals surface area contributed by atoms with E-state index in [-0.39, 0.29) is 6.04 Å². The summed E-state index contributed by atoms with van der Waals surface area (Å²) in [6, 6.07) is 17.2. The third-order valence-corrected chi connectivity index (χ3v) is 3.76. The highest BCUT2D eigenvalue weighted by molar-refractivity contribution is 5.40. The van der Waals surface area contributed by atoms with Gasteiger partial charge in [0.2, 0.25) is 0 Å². The van der Waals surface area contributed by atoms with E-state index in [0.29, 0.717) is 0 Å². The molecule has 0 fully saturated rings. The number of rotatable bonds is 3. The number of hydrogen-bond donors (Lipinski definition) is 2. The molecule has 0 aliphatic heterocycles. The lowest BCUT2D eigenvalue weighted by molar-refractivity contribution is 0.636. The molecule has 1 aliphatic carbocycles. The van der Waals surface area contributed by atoms with Gasteiger partial charge in [0.05, 0.1) is 6.04 Å². The van der Waals surface area contributed by atoms with E-state index in [9.17, 15) is 0 Å². The smallest absolute Gasteiger partial charge is 0.0710 e. The van der Waals surface area contributed by atoms with Crippen molar-refractivity contribution in [3.63, 3.8) is 0 Å². The molecule has 0 radical (unpaired) electrons. The Labute approximate surface area is 108 Å². The molecular weight excluding hydrogens is 220 g/mol. The lowest BCUT2D eigenvalue weighted by Crippen LogP contribution is -2.28. The van der Waals surface area contributed by atoms with Crippen LogP contribution in [0, 0.1) is 0 Å². The van der Waals surface area contributed by atoms with Crippen molar-refractivity contribution in [2.75, 3.05) is 0 Å². The fourth-order valence-electron chi connectivity index (χ4n) is 2.80. The highest BCUT2D eigenvalue weighted by Gasteiger charge is 2.16. The third-order valence-electron chi connectivity index (χ3n) is 3.76. The predicted molar refractivity (Wildman–Crippen MR) is 74.1 cm³/mol. The predicted octanol–water partition coefficient (Wildman–Crippen LogP) is 2.73. The number of fused-ring (bicyclic) bond motifs is 1. The molecule has 0 amide bonds. The molecule has 2 heteroatoms. The van der Waals surface area contributed by atoms with Gasteiger partial charge in [0.1, 0.15) is 0 Å². The summed E-state index contributed by atoms with van der Waals surface area (Å²) in [4.78, 5) is 0. The highest BCUT2D eigenvalue weighted by Crippen LogP contribution is 2.27. The molecule has 0 heterocycles. The molecule has 0 saturated heterocycles. The second kappa shape index (κ2) is 4.92. The molecule has 3 rings (SSSR count). The molecule has 1 atom stereocenters. The Morgan fingerprint density at radius 1 is 0.889 bits per heavy atom. The van der Waals surface area contributed by atoms with E-state index in [1.54, 1.807) is 0 Å². The summed E-state index contributed by atoms with van der Waals surface area (Å²) < 4.78 is 0. The van der Waals surface area contributed by atoms with Crippen molar-refractivity contribution < 1.29 is 0 Å². The number of benzene rings is 2. The summed E-state index contributed by atoms with van der Waals surface area (Å²) in [5.41, 5.74) is 8.38. The Bertz CT molecular complexity index is 534. The normalized spacial score (nSPS) is 15.4. The maximum Gasteiger partial charge on any atom is 0.0710 e. The van der Waals surface area contributed by atoms with Crippen LogP contribution in [0.15, 0.2) is 48.5 Å². The fraction of sp³-hybridized carbons (Fsp3) is 0.250. The summed E-state index contributed by atoms with van der Waals surface area (Å²) in [5.74, 6) is 5.73. The van der Waals surface area contributed by atoms with Crippen LogP contribution in [0.25, 0.3) is 0 Å². The summed E-state index contributed by atoms with van der Waals surface area (Å²) in [7, 11) is 0. The summed E-state index contributed by atoms with van der Waals surface area (Å²) in [6.07, 6.45) is 3.71. The molecule has 1 aliphatic rings. The topological polar surface area (TPSA) is 38.0 Å². The average Bonchev–Trinajstić information content (AvgIpc) is 2.88. The second-order valence-corrected chi connectivity index (χ2v) is 4.89. The minimum Gasteiger partial charge on any atom is -0.271 e. The lowest BCUT2D eigenvalue weighted by atomic mass is 9.96. The molecular formula is C16H18N2. The van der Waals surface area contributed by atoms with Crippen LogP contribution < -0.4 is 11.3 Å². The van der Waals surface area contributed by atoms with E-state index in [4.69, 9.17) is 5.84 Å². The molecule has 2 aromatic rings. The van der Waals surface area contributed by atoms with Crippen molar-refractivity contribution in [3.8, 4) is 0 Å². The molecule has 0 aromatic heterocycles. The van der Waals surface area contributed by atoms with Crippen molar-refractivity contribution in [2.45, 2.75) is 25.3 Å². The number of nitrogens with two attached hydrogens (primary N) is 1. The van der Waals surface area contributed by atoms with Gasteiger partial charge in [0.15, 0.2) is 0 Å². The Balaban J connectivity index is 1.97. The Morgan fingerprint density at radius 2 is 1.67 bits per heavy atom. The number of nitrogens with one attached hydrogen (secondary N) is 1. The van der Waals surface area contributed by atoms with Crippen molar-refractivity contribution in [1.29, 1.82) is 0 Å². The molecule has 2 nitrogen and oxygen atoms in total. The molecule has 18 heavy (non-hydrogen) atoms. The van der Waals surface area contributed by atoms with Gasteiger partial charge in [0.25, 0.3) is 0 Å². The van der Waals surface area contributed by atoms with Crippen LogP contribution in [0.1, 0.15) is 34.7 Å². The van der Waals surface area contributed by atoms with E-state index >= 15 is 0 Å². The molecule has 0 saturated carbocycles. The van der Waals surface area contributed by atoms with E-state index in [0.717, 1.165) is 0 Å². The first-order valence-corrected chi connectivity index (χ1v) is 6.51. The lowest BCUT2D eigenvalue weighted by Gasteiger charge is -2.18.